The van der Waals surface area contributed by atoms with Gasteiger partial charge < -0.3 is 15.5 Å². The lowest BCUT2D eigenvalue weighted by Gasteiger charge is -2.05. The molecule has 2 amide bonds. The van der Waals surface area contributed by atoms with E-state index in [4.69, 9.17) is 33.4 Å². The number of benzene rings is 1. The van der Waals surface area contributed by atoms with Crippen molar-refractivity contribution in [1.82, 2.24) is 0 Å². The van der Waals surface area contributed by atoms with Gasteiger partial charge >= 0.3 is 0 Å². The first-order valence-corrected chi connectivity index (χ1v) is 9.82. The largest absolute Gasteiger partial charge is 0.451 e. The number of nitrogens with two attached hydrogens (primary N) is 1. The van der Waals surface area contributed by atoms with Crippen molar-refractivity contribution in [3.05, 3.63) is 62.1 Å². The molecule has 4 rings (SSSR count). The van der Waals surface area contributed by atoms with Crippen molar-refractivity contribution in [3.63, 3.8) is 0 Å². The van der Waals surface area contributed by atoms with E-state index in [1.807, 2.05) is 0 Å². The SMILES string of the molecule is NC(=O)c1c(NC(=O)c2ccc(-c3cc(Cl)ccc3Cl)o2)sc2c1CCC2. The number of hydrogen-bond acceptors (Lipinski definition) is 4. The highest BCUT2D eigenvalue weighted by molar-refractivity contribution is 7.17. The Hall–Kier alpha value is -2.28. The van der Waals surface area contributed by atoms with E-state index in [0.29, 0.717) is 31.9 Å². The van der Waals surface area contributed by atoms with E-state index in [1.165, 1.54) is 11.3 Å². The number of amides is 2. The van der Waals surface area contributed by atoms with Crippen LogP contribution in [-0.4, -0.2) is 11.8 Å². The molecule has 8 heteroatoms. The number of anilines is 1. The highest BCUT2D eigenvalue weighted by Gasteiger charge is 2.27. The van der Waals surface area contributed by atoms with Crippen molar-refractivity contribution in [1.29, 1.82) is 0 Å². The number of hydrogen-bond donors (Lipinski definition) is 2. The van der Waals surface area contributed by atoms with E-state index < -0.39 is 11.8 Å². The monoisotopic (exact) mass is 420 g/mol. The fraction of sp³-hybridized carbons (Fsp3) is 0.158. The molecule has 0 saturated carbocycles. The average Bonchev–Trinajstić information content (AvgIpc) is 3.31. The van der Waals surface area contributed by atoms with Gasteiger partial charge in [-0.15, -0.1) is 11.3 Å². The number of carbonyl (C=O) groups is 2. The lowest BCUT2D eigenvalue weighted by Crippen LogP contribution is -2.17. The van der Waals surface area contributed by atoms with Crippen LogP contribution in [0.3, 0.4) is 0 Å². The number of furan rings is 1. The Bertz CT molecular complexity index is 1070. The summed E-state index contributed by atoms with van der Waals surface area (Å²) in [4.78, 5) is 25.6. The zero-order valence-corrected chi connectivity index (χ0v) is 16.3. The van der Waals surface area contributed by atoms with Gasteiger partial charge in [-0.1, -0.05) is 23.2 Å². The minimum absolute atomic E-state index is 0.102. The van der Waals surface area contributed by atoms with E-state index in [1.54, 1.807) is 30.3 Å². The quantitative estimate of drug-likeness (QED) is 0.611. The van der Waals surface area contributed by atoms with Crippen LogP contribution in [0.5, 0.6) is 0 Å². The molecule has 0 atom stereocenters. The summed E-state index contributed by atoms with van der Waals surface area (Å²) in [6, 6.07) is 8.20. The summed E-state index contributed by atoms with van der Waals surface area (Å²) in [5, 5.41) is 4.20. The molecule has 0 bridgehead atoms. The third-order valence-corrected chi connectivity index (χ3v) is 6.19. The molecule has 0 fully saturated rings. The van der Waals surface area contributed by atoms with Crippen molar-refractivity contribution in [2.24, 2.45) is 5.73 Å². The van der Waals surface area contributed by atoms with Gasteiger partial charge in [-0.3, -0.25) is 9.59 Å². The summed E-state index contributed by atoms with van der Waals surface area (Å²) in [5.74, 6) is -0.459. The standard InChI is InChI=1S/C19H14Cl2N2O3S/c20-9-4-5-12(21)11(8-9)13-6-7-14(26-13)18(25)23-19-16(17(22)24)10-2-1-3-15(10)27-19/h4-8H,1-3H2,(H2,22,24)(H,23,25). The van der Waals surface area contributed by atoms with Gasteiger partial charge in [0.25, 0.3) is 11.8 Å². The lowest BCUT2D eigenvalue weighted by molar-refractivity contribution is 0.0998. The Morgan fingerprint density at radius 1 is 1.15 bits per heavy atom. The molecule has 1 aliphatic carbocycles. The molecular formula is C19H14Cl2N2O3S. The predicted octanol–water partition coefficient (Wildman–Crippen LogP) is 5.15. The predicted molar refractivity (Wildman–Crippen MR) is 107 cm³/mol. The molecule has 5 nitrogen and oxygen atoms in total. The molecule has 2 heterocycles. The van der Waals surface area contributed by atoms with Gasteiger partial charge in [0.2, 0.25) is 0 Å². The molecule has 0 radical (unpaired) electrons. The molecule has 2 aromatic heterocycles. The van der Waals surface area contributed by atoms with Crippen LogP contribution in [0.15, 0.2) is 34.7 Å². The van der Waals surface area contributed by atoms with Crippen molar-refractivity contribution in [2.45, 2.75) is 19.3 Å². The molecule has 0 unspecified atom stereocenters. The maximum atomic E-state index is 12.6. The Kier molecular flexibility index (Phi) is 4.72. The number of halogens is 2. The van der Waals surface area contributed by atoms with Crippen LogP contribution < -0.4 is 11.1 Å². The molecular weight excluding hydrogens is 407 g/mol. The van der Waals surface area contributed by atoms with Crippen LogP contribution in [0.1, 0.15) is 37.8 Å². The van der Waals surface area contributed by atoms with Crippen molar-refractivity contribution in [2.75, 3.05) is 5.32 Å². The highest BCUT2D eigenvalue weighted by atomic mass is 35.5. The van der Waals surface area contributed by atoms with Gasteiger partial charge in [0.05, 0.1) is 10.6 Å². The third-order valence-electron chi connectivity index (χ3n) is 4.42. The van der Waals surface area contributed by atoms with Gasteiger partial charge in [-0.05, 0) is 55.2 Å². The first kappa shape index (κ1) is 18.1. The Labute approximate surface area is 169 Å². The van der Waals surface area contributed by atoms with Crippen LogP contribution in [0.4, 0.5) is 5.00 Å². The first-order valence-electron chi connectivity index (χ1n) is 8.25. The molecule has 1 aliphatic rings. The second-order valence-corrected chi connectivity index (χ2v) is 8.12. The molecule has 3 N–H and O–H groups in total. The van der Waals surface area contributed by atoms with Crippen molar-refractivity contribution < 1.29 is 14.0 Å². The number of nitrogens with one attached hydrogen (secondary N) is 1. The molecule has 1 aromatic carbocycles. The molecule has 0 aliphatic heterocycles. The maximum absolute atomic E-state index is 12.6. The smallest absolute Gasteiger partial charge is 0.292 e. The molecule has 3 aromatic rings. The van der Waals surface area contributed by atoms with Gasteiger partial charge in [0.1, 0.15) is 10.8 Å². The van der Waals surface area contributed by atoms with E-state index >= 15 is 0 Å². The fourth-order valence-corrected chi connectivity index (χ4v) is 4.88. The summed E-state index contributed by atoms with van der Waals surface area (Å²) in [7, 11) is 0. The number of rotatable bonds is 4. The van der Waals surface area contributed by atoms with Gasteiger partial charge in [-0.25, -0.2) is 0 Å². The molecule has 27 heavy (non-hydrogen) atoms. The van der Waals surface area contributed by atoms with Gasteiger partial charge in [0.15, 0.2) is 5.76 Å². The molecule has 0 saturated heterocycles. The fourth-order valence-electron chi connectivity index (χ4n) is 3.21. The van der Waals surface area contributed by atoms with E-state index in [2.05, 4.69) is 5.32 Å². The van der Waals surface area contributed by atoms with Crippen molar-refractivity contribution >= 4 is 51.4 Å². The van der Waals surface area contributed by atoms with Crippen LogP contribution >= 0.6 is 34.5 Å². The van der Waals surface area contributed by atoms with Crippen LogP contribution in [-0.2, 0) is 12.8 Å². The first-order chi connectivity index (χ1) is 12.9. The second-order valence-electron chi connectivity index (χ2n) is 6.17. The van der Waals surface area contributed by atoms with Crippen LogP contribution in [0.25, 0.3) is 11.3 Å². The zero-order valence-electron chi connectivity index (χ0n) is 14.0. The Morgan fingerprint density at radius 2 is 1.96 bits per heavy atom. The Balaban J connectivity index is 1.61. The summed E-state index contributed by atoms with van der Waals surface area (Å²) in [5.41, 5.74) is 7.48. The second kappa shape index (κ2) is 7.03. The summed E-state index contributed by atoms with van der Waals surface area (Å²) in [6.07, 6.45) is 2.70. The van der Waals surface area contributed by atoms with E-state index in [9.17, 15) is 9.59 Å². The maximum Gasteiger partial charge on any atom is 0.292 e. The summed E-state index contributed by atoms with van der Waals surface area (Å²) in [6.45, 7) is 0. The number of primary amides is 1. The normalized spacial score (nSPS) is 12.8. The van der Waals surface area contributed by atoms with Crippen molar-refractivity contribution in [3.8, 4) is 11.3 Å². The van der Waals surface area contributed by atoms with Crippen LogP contribution in [0.2, 0.25) is 10.0 Å². The van der Waals surface area contributed by atoms with Crippen LogP contribution in [0, 0.1) is 0 Å². The molecule has 138 valence electrons. The topological polar surface area (TPSA) is 85.3 Å². The van der Waals surface area contributed by atoms with Gasteiger partial charge in [0, 0.05) is 15.5 Å². The van der Waals surface area contributed by atoms with E-state index in [0.717, 1.165) is 29.7 Å². The zero-order chi connectivity index (χ0) is 19.1. The highest BCUT2D eigenvalue weighted by Crippen LogP contribution is 2.39. The minimum atomic E-state index is -0.532. The third kappa shape index (κ3) is 3.36. The summed E-state index contributed by atoms with van der Waals surface area (Å²) >= 11 is 13.6. The Morgan fingerprint density at radius 3 is 2.74 bits per heavy atom. The summed E-state index contributed by atoms with van der Waals surface area (Å²) < 4.78 is 5.65. The van der Waals surface area contributed by atoms with Gasteiger partial charge in [-0.2, -0.15) is 0 Å². The number of fused-ring (bicyclic) bond motifs is 1. The minimum Gasteiger partial charge on any atom is -0.451 e. The van der Waals surface area contributed by atoms with E-state index in [-0.39, 0.29) is 5.76 Å². The average molecular weight is 421 g/mol. The molecule has 0 spiro atoms. The number of aryl methyl sites for hydroxylation is 1. The lowest BCUT2D eigenvalue weighted by atomic mass is 10.1. The number of carbonyl (C=O) groups excluding carboxylic acids is 2. The number of thiophene rings is 1.